The van der Waals surface area contributed by atoms with Crippen molar-refractivity contribution in [3.05, 3.63) is 35.9 Å². The lowest BCUT2D eigenvalue weighted by Gasteiger charge is -2.30. The molecule has 2 rings (SSSR count). The van der Waals surface area contributed by atoms with Crippen molar-refractivity contribution in [2.24, 2.45) is 5.41 Å². The van der Waals surface area contributed by atoms with Gasteiger partial charge in [-0.05, 0) is 12.5 Å². The van der Waals surface area contributed by atoms with Gasteiger partial charge in [0.25, 0.3) is 0 Å². The van der Waals surface area contributed by atoms with Gasteiger partial charge in [0.2, 0.25) is 5.91 Å². The van der Waals surface area contributed by atoms with Gasteiger partial charge in [-0.3, -0.25) is 4.79 Å². The topological polar surface area (TPSA) is 20.3 Å². The number of rotatable bonds is 3. The van der Waals surface area contributed by atoms with Crippen LogP contribution >= 0.6 is 23.2 Å². The molecule has 0 spiro atoms. The molecule has 1 amide bonds. The largest absolute Gasteiger partial charge is 0.336 e. The van der Waals surface area contributed by atoms with E-state index in [1.54, 1.807) is 11.8 Å². The van der Waals surface area contributed by atoms with Crippen molar-refractivity contribution in [3.63, 3.8) is 0 Å². The van der Waals surface area contributed by atoms with Gasteiger partial charge < -0.3 is 4.90 Å². The standard InChI is InChI=1S/C14H17Cl2NO/c1-13(9-15)10-17(12(18)14(13,2)16)8-11-6-4-3-5-7-11/h3-7H,8-10H2,1-2H3/t13-,14-/m0/s1. The number of nitrogens with zero attached hydrogens (tertiary/aromatic N) is 1. The van der Waals surface area contributed by atoms with Crippen molar-refractivity contribution >= 4 is 29.1 Å². The minimum atomic E-state index is -0.913. The fraction of sp³-hybridized carbons (Fsp3) is 0.500. The molecule has 0 radical (unpaired) electrons. The molecule has 1 aromatic carbocycles. The van der Waals surface area contributed by atoms with Crippen LogP contribution in [0.4, 0.5) is 0 Å². The number of amides is 1. The molecule has 0 bridgehead atoms. The third-order valence-electron chi connectivity index (χ3n) is 3.87. The fourth-order valence-electron chi connectivity index (χ4n) is 2.30. The van der Waals surface area contributed by atoms with Crippen LogP contribution in [0.3, 0.4) is 0 Å². The highest BCUT2D eigenvalue weighted by Gasteiger charge is 2.56. The number of hydrogen-bond acceptors (Lipinski definition) is 1. The van der Waals surface area contributed by atoms with Crippen LogP contribution in [0, 0.1) is 5.41 Å². The number of hydrogen-bond donors (Lipinski definition) is 0. The minimum absolute atomic E-state index is 0.0313. The third-order valence-corrected chi connectivity index (χ3v) is 5.08. The zero-order valence-corrected chi connectivity index (χ0v) is 12.1. The maximum atomic E-state index is 12.3. The first kappa shape index (κ1) is 13.7. The Labute approximate surface area is 118 Å². The number of carbonyl (C=O) groups is 1. The summed E-state index contributed by atoms with van der Waals surface area (Å²) < 4.78 is 0. The normalized spacial score (nSPS) is 32.0. The maximum absolute atomic E-state index is 12.3. The average molecular weight is 286 g/mol. The first-order valence-electron chi connectivity index (χ1n) is 5.99. The van der Waals surface area contributed by atoms with Gasteiger partial charge >= 0.3 is 0 Å². The lowest BCUT2D eigenvalue weighted by molar-refractivity contribution is -0.130. The molecular formula is C14H17Cl2NO. The summed E-state index contributed by atoms with van der Waals surface area (Å²) in [5.41, 5.74) is 0.722. The van der Waals surface area contributed by atoms with Crippen LogP contribution in [0.25, 0.3) is 0 Å². The molecule has 1 heterocycles. The van der Waals surface area contributed by atoms with Gasteiger partial charge in [-0.2, -0.15) is 0 Å². The van der Waals surface area contributed by atoms with Crippen molar-refractivity contribution < 1.29 is 4.79 Å². The van der Waals surface area contributed by atoms with Crippen molar-refractivity contribution in [2.45, 2.75) is 25.3 Å². The molecule has 2 atom stereocenters. The molecule has 18 heavy (non-hydrogen) atoms. The number of alkyl halides is 2. The van der Waals surface area contributed by atoms with E-state index in [0.29, 0.717) is 19.0 Å². The van der Waals surface area contributed by atoms with E-state index < -0.39 is 4.87 Å². The molecule has 4 heteroatoms. The molecule has 0 unspecified atom stereocenters. The lowest BCUT2D eigenvalue weighted by Crippen LogP contribution is -2.42. The van der Waals surface area contributed by atoms with Gasteiger partial charge in [0.1, 0.15) is 4.87 Å². The molecule has 1 aliphatic rings. The Bertz CT molecular complexity index is 446. The molecule has 1 fully saturated rings. The predicted molar refractivity (Wildman–Crippen MR) is 74.9 cm³/mol. The van der Waals surface area contributed by atoms with Crippen molar-refractivity contribution in [2.75, 3.05) is 12.4 Å². The van der Waals surface area contributed by atoms with Gasteiger partial charge in [0.15, 0.2) is 0 Å². The summed E-state index contributed by atoms with van der Waals surface area (Å²) in [4.78, 5) is 13.2. The Morgan fingerprint density at radius 1 is 1.28 bits per heavy atom. The second-order valence-corrected chi connectivity index (χ2v) is 6.37. The fourth-order valence-corrected chi connectivity index (χ4v) is 2.96. The minimum Gasteiger partial charge on any atom is -0.336 e. The van der Waals surface area contributed by atoms with E-state index in [1.807, 2.05) is 37.3 Å². The Morgan fingerprint density at radius 2 is 1.89 bits per heavy atom. The molecule has 1 aliphatic heterocycles. The highest BCUT2D eigenvalue weighted by atomic mass is 35.5. The summed E-state index contributed by atoms with van der Waals surface area (Å²) in [5, 5.41) is 0. The van der Waals surface area contributed by atoms with Crippen molar-refractivity contribution in [3.8, 4) is 0 Å². The van der Waals surface area contributed by atoms with Gasteiger partial charge in [-0.1, -0.05) is 37.3 Å². The SMILES string of the molecule is C[C@]1(CCl)CN(Cc2ccccc2)C(=O)[C@]1(C)Cl. The second kappa shape index (κ2) is 4.75. The Hall–Kier alpha value is -0.730. The first-order valence-corrected chi connectivity index (χ1v) is 6.90. The van der Waals surface area contributed by atoms with Gasteiger partial charge in [-0.25, -0.2) is 0 Å². The van der Waals surface area contributed by atoms with Crippen LogP contribution in [0.5, 0.6) is 0 Å². The van der Waals surface area contributed by atoms with E-state index in [4.69, 9.17) is 23.2 Å². The number of likely N-dealkylation sites (tertiary alicyclic amines) is 1. The first-order chi connectivity index (χ1) is 8.40. The van der Waals surface area contributed by atoms with E-state index in [-0.39, 0.29) is 11.3 Å². The van der Waals surface area contributed by atoms with Crippen molar-refractivity contribution in [1.29, 1.82) is 0 Å². The third kappa shape index (κ3) is 2.12. The Balaban J connectivity index is 2.20. The van der Waals surface area contributed by atoms with E-state index in [1.165, 1.54) is 0 Å². The molecule has 0 N–H and O–H groups in total. The average Bonchev–Trinajstić information content (AvgIpc) is 2.53. The summed E-state index contributed by atoms with van der Waals surface area (Å²) >= 11 is 12.4. The highest BCUT2D eigenvalue weighted by Crippen LogP contribution is 2.45. The smallest absolute Gasteiger partial charge is 0.244 e. The maximum Gasteiger partial charge on any atom is 0.244 e. The van der Waals surface area contributed by atoms with Gasteiger partial charge in [0.05, 0.1) is 0 Å². The molecule has 0 aromatic heterocycles. The zero-order valence-electron chi connectivity index (χ0n) is 10.6. The van der Waals surface area contributed by atoms with E-state index in [0.717, 1.165) is 5.56 Å². The lowest BCUT2D eigenvalue weighted by atomic mass is 9.82. The zero-order chi connectivity index (χ0) is 13.4. The molecule has 2 nitrogen and oxygen atoms in total. The molecule has 98 valence electrons. The number of benzene rings is 1. The Kier molecular flexibility index (Phi) is 3.61. The molecule has 0 aliphatic carbocycles. The summed E-state index contributed by atoms with van der Waals surface area (Å²) in [5.74, 6) is 0.348. The monoisotopic (exact) mass is 285 g/mol. The van der Waals surface area contributed by atoms with E-state index in [2.05, 4.69) is 0 Å². The summed E-state index contributed by atoms with van der Waals surface area (Å²) in [6, 6.07) is 9.92. The quantitative estimate of drug-likeness (QED) is 0.781. The molecule has 1 aromatic rings. The molecule has 0 saturated carbocycles. The van der Waals surface area contributed by atoms with Gasteiger partial charge in [-0.15, -0.1) is 23.2 Å². The number of halogens is 2. The molecular weight excluding hydrogens is 269 g/mol. The van der Waals surface area contributed by atoms with Crippen molar-refractivity contribution in [1.82, 2.24) is 4.90 Å². The van der Waals surface area contributed by atoms with E-state index >= 15 is 0 Å². The van der Waals surface area contributed by atoms with Crippen LogP contribution in [0.15, 0.2) is 30.3 Å². The van der Waals surface area contributed by atoms with Crippen LogP contribution in [-0.4, -0.2) is 28.1 Å². The molecule has 1 saturated heterocycles. The van der Waals surface area contributed by atoms with Crippen LogP contribution in [0.1, 0.15) is 19.4 Å². The van der Waals surface area contributed by atoms with Crippen LogP contribution < -0.4 is 0 Å². The number of carbonyl (C=O) groups excluding carboxylic acids is 1. The summed E-state index contributed by atoms with van der Waals surface area (Å²) in [6.07, 6.45) is 0. The van der Waals surface area contributed by atoms with Crippen LogP contribution in [-0.2, 0) is 11.3 Å². The van der Waals surface area contributed by atoms with Crippen LogP contribution in [0.2, 0.25) is 0 Å². The van der Waals surface area contributed by atoms with E-state index in [9.17, 15) is 4.79 Å². The summed E-state index contributed by atoms with van der Waals surface area (Å²) in [7, 11) is 0. The predicted octanol–water partition coefficient (Wildman–Crippen LogP) is 3.27. The second-order valence-electron chi connectivity index (χ2n) is 5.34. The van der Waals surface area contributed by atoms with Gasteiger partial charge in [0, 0.05) is 24.4 Å². The highest BCUT2D eigenvalue weighted by molar-refractivity contribution is 6.36. The Morgan fingerprint density at radius 3 is 2.39 bits per heavy atom. The summed E-state index contributed by atoms with van der Waals surface area (Å²) in [6.45, 7) is 4.93.